The Kier molecular flexibility index (Phi) is 11.9. The number of rotatable bonds is 8. The molecule has 1 amide bonds. The highest BCUT2D eigenvalue weighted by Gasteiger charge is 2.18. The summed E-state index contributed by atoms with van der Waals surface area (Å²) in [5, 5.41) is 6.20. The number of ether oxygens (including phenoxy) is 1. The Balaban J connectivity index is 0.00000441. The van der Waals surface area contributed by atoms with Crippen molar-refractivity contribution in [1.82, 2.24) is 15.5 Å². The largest absolute Gasteiger partial charge is 0.469 e. The average molecular weight is 426 g/mol. The summed E-state index contributed by atoms with van der Waals surface area (Å²) < 4.78 is 4.58. The Morgan fingerprint density at radius 1 is 1.41 bits per heavy atom. The van der Waals surface area contributed by atoms with Crippen LogP contribution in [0.1, 0.15) is 32.6 Å². The van der Waals surface area contributed by atoms with Crippen LogP contribution in [0.15, 0.2) is 4.99 Å². The van der Waals surface area contributed by atoms with Gasteiger partial charge in [-0.05, 0) is 19.8 Å². The predicted octanol–water partition coefficient (Wildman–Crippen LogP) is 0.735. The molecule has 1 heterocycles. The zero-order chi connectivity index (χ0) is 15.5. The molecule has 0 spiro atoms. The lowest BCUT2D eigenvalue weighted by molar-refractivity contribution is -0.140. The van der Waals surface area contributed by atoms with E-state index in [2.05, 4.69) is 20.4 Å². The van der Waals surface area contributed by atoms with E-state index in [1.807, 2.05) is 11.8 Å². The van der Waals surface area contributed by atoms with Crippen molar-refractivity contribution in [3.8, 4) is 0 Å². The van der Waals surface area contributed by atoms with E-state index in [1.165, 1.54) is 7.11 Å². The van der Waals surface area contributed by atoms with Crippen molar-refractivity contribution in [3.05, 3.63) is 0 Å². The van der Waals surface area contributed by atoms with E-state index in [4.69, 9.17) is 0 Å². The van der Waals surface area contributed by atoms with Crippen LogP contribution in [0.25, 0.3) is 0 Å². The fraction of sp³-hybridized carbons (Fsp3) is 0.786. The summed E-state index contributed by atoms with van der Waals surface area (Å²) in [5.74, 6) is 0.696. The van der Waals surface area contributed by atoms with Gasteiger partial charge in [-0.3, -0.25) is 14.6 Å². The zero-order valence-electron chi connectivity index (χ0n) is 13.4. The summed E-state index contributed by atoms with van der Waals surface area (Å²) in [6.45, 7) is 5.53. The van der Waals surface area contributed by atoms with E-state index in [0.29, 0.717) is 31.9 Å². The third-order valence-corrected chi connectivity index (χ3v) is 3.22. The first-order valence-corrected chi connectivity index (χ1v) is 7.54. The van der Waals surface area contributed by atoms with Gasteiger partial charge >= 0.3 is 5.97 Å². The molecule has 8 heteroatoms. The summed E-state index contributed by atoms with van der Waals surface area (Å²) in [7, 11) is 1.38. The molecule has 7 nitrogen and oxygen atoms in total. The number of halogens is 1. The van der Waals surface area contributed by atoms with Crippen LogP contribution >= 0.6 is 24.0 Å². The van der Waals surface area contributed by atoms with Crippen molar-refractivity contribution >= 4 is 41.8 Å². The number of hydrogen-bond donors (Lipinski definition) is 2. The maximum absolute atomic E-state index is 11.5. The molecule has 0 aromatic rings. The number of guanidine groups is 1. The summed E-state index contributed by atoms with van der Waals surface area (Å²) in [5.41, 5.74) is 0. The molecule has 1 rings (SSSR count). The summed E-state index contributed by atoms with van der Waals surface area (Å²) in [6.07, 6.45) is 2.81. The molecule has 22 heavy (non-hydrogen) atoms. The predicted molar refractivity (Wildman–Crippen MR) is 96.5 cm³/mol. The van der Waals surface area contributed by atoms with Crippen molar-refractivity contribution in [3.63, 3.8) is 0 Å². The molecule has 0 aliphatic carbocycles. The molecule has 1 aliphatic rings. The van der Waals surface area contributed by atoms with Gasteiger partial charge < -0.3 is 20.3 Å². The minimum atomic E-state index is -0.245. The van der Waals surface area contributed by atoms with Gasteiger partial charge in [0.05, 0.1) is 13.5 Å². The summed E-state index contributed by atoms with van der Waals surface area (Å²) >= 11 is 0. The van der Waals surface area contributed by atoms with Crippen LogP contribution in [0.3, 0.4) is 0 Å². The average Bonchev–Trinajstić information content (AvgIpc) is 2.88. The molecule has 0 aromatic heterocycles. The highest BCUT2D eigenvalue weighted by molar-refractivity contribution is 14.0. The van der Waals surface area contributed by atoms with E-state index < -0.39 is 0 Å². The molecule has 1 aliphatic heterocycles. The Hall–Kier alpha value is -1.06. The number of nitrogens with one attached hydrogen (secondary N) is 2. The first-order chi connectivity index (χ1) is 10.2. The molecular formula is C14H27IN4O3. The van der Waals surface area contributed by atoms with Gasteiger partial charge in [-0.15, -0.1) is 24.0 Å². The molecule has 0 bridgehead atoms. The van der Waals surface area contributed by atoms with Crippen molar-refractivity contribution < 1.29 is 14.3 Å². The molecule has 0 unspecified atom stereocenters. The van der Waals surface area contributed by atoms with E-state index >= 15 is 0 Å². The van der Waals surface area contributed by atoms with Crippen LogP contribution in [0.4, 0.5) is 0 Å². The van der Waals surface area contributed by atoms with Crippen LogP contribution < -0.4 is 10.6 Å². The fourth-order valence-electron chi connectivity index (χ4n) is 2.12. The second-order valence-corrected chi connectivity index (χ2v) is 4.85. The molecule has 1 fully saturated rings. The molecular weight excluding hydrogens is 399 g/mol. The Labute approximate surface area is 149 Å². The summed E-state index contributed by atoms with van der Waals surface area (Å²) in [6, 6.07) is 0. The number of nitrogens with zero attached hydrogens (tertiary/aromatic N) is 2. The third-order valence-electron chi connectivity index (χ3n) is 3.22. The van der Waals surface area contributed by atoms with Crippen molar-refractivity contribution in [2.75, 3.05) is 39.8 Å². The smallest absolute Gasteiger partial charge is 0.307 e. The molecule has 128 valence electrons. The van der Waals surface area contributed by atoms with Crippen LogP contribution in [0, 0.1) is 0 Å². The van der Waals surface area contributed by atoms with E-state index in [1.54, 1.807) is 0 Å². The van der Waals surface area contributed by atoms with Gasteiger partial charge in [0, 0.05) is 39.1 Å². The number of amides is 1. The quantitative estimate of drug-likeness (QED) is 0.197. The highest BCUT2D eigenvalue weighted by Crippen LogP contribution is 2.09. The van der Waals surface area contributed by atoms with Gasteiger partial charge in [0.25, 0.3) is 0 Å². The van der Waals surface area contributed by atoms with Crippen molar-refractivity contribution in [2.24, 2.45) is 4.99 Å². The number of hydrogen-bond acceptors (Lipinski definition) is 4. The Morgan fingerprint density at radius 2 is 2.18 bits per heavy atom. The number of aliphatic imine (C=N–C) groups is 1. The van der Waals surface area contributed by atoms with Crippen LogP contribution in [0.2, 0.25) is 0 Å². The van der Waals surface area contributed by atoms with Crippen LogP contribution in [-0.2, 0) is 14.3 Å². The molecule has 1 saturated heterocycles. The van der Waals surface area contributed by atoms with Gasteiger partial charge in [0.15, 0.2) is 5.96 Å². The van der Waals surface area contributed by atoms with E-state index in [9.17, 15) is 9.59 Å². The second kappa shape index (κ2) is 12.5. The second-order valence-electron chi connectivity index (χ2n) is 4.85. The molecule has 0 atom stereocenters. The number of likely N-dealkylation sites (tertiary alicyclic amines) is 1. The SMILES string of the molecule is CCNC(=NCCCN1CCCC1=O)NCCC(=O)OC.I. The maximum Gasteiger partial charge on any atom is 0.307 e. The minimum Gasteiger partial charge on any atom is -0.469 e. The monoisotopic (exact) mass is 426 g/mol. The van der Waals surface area contributed by atoms with Gasteiger partial charge in [0.2, 0.25) is 5.91 Å². The lowest BCUT2D eigenvalue weighted by Gasteiger charge is -2.15. The van der Waals surface area contributed by atoms with Crippen molar-refractivity contribution in [2.45, 2.75) is 32.6 Å². The van der Waals surface area contributed by atoms with Gasteiger partial charge in [-0.25, -0.2) is 0 Å². The topological polar surface area (TPSA) is 83.0 Å². The molecule has 0 aromatic carbocycles. The lowest BCUT2D eigenvalue weighted by Crippen LogP contribution is -2.38. The number of carbonyl (C=O) groups excluding carboxylic acids is 2. The highest BCUT2D eigenvalue weighted by atomic mass is 127. The first-order valence-electron chi connectivity index (χ1n) is 7.54. The Bertz CT molecular complexity index is 377. The van der Waals surface area contributed by atoms with Gasteiger partial charge in [-0.1, -0.05) is 0 Å². The standard InChI is InChI=1S/C14H26N4O3.HI/c1-3-15-14(17-9-7-13(20)21-2)16-8-5-11-18-10-4-6-12(18)19;/h3-11H2,1-2H3,(H2,15,16,17);1H. The zero-order valence-corrected chi connectivity index (χ0v) is 15.7. The minimum absolute atomic E-state index is 0. The first kappa shape index (κ1) is 20.9. The van der Waals surface area contributed by atoms with Crippen molar-refractivity contribution in [1.29, 1.82) is 0 Å². The van der Waals surface area contributed by atoms with Gasteiger partial charge in [-0.2, -0.15) is 0 Å². The van der Waals surface area contributed by atoms with Crippen LogP contribution in [-0.4, -0.2) is 62.6 Å². The number of methoxy groups -OCH3 is 1. The molecule has 0 radical (unpaired) electrons. The molecule has 0 saturated carbocycles. The molecule has 2 N–H and O–H groups in total. The van der Waals surface area contributed by atoms with E-state index in [-0.39, 0.29) is 35.9 Å². The Morgan fingerprint density at radius 3 is 2.77 bits per heavy atom. The van der Waals surface area contributed by atoms with Crippen LogP contribution in [0.5, 0.6) is 0 Å². The maximum atomic E-state index is 11.5. The number of carbonyl (C=O) groups is 2. The normalized spacial score (nSPS) is 14.5. The number of esters is 1. The van der Waals surface area contributed by atoms with E-state index in [0.717, 1.165) is 32.5 Å². The fourth-order valence-corrected chi connectivity index (χ4v) is 2.12. The lowest BCUT2D eigenvalue weighted by atomic mass is 10.4. The summed E-state index contributed by atoms with van der Waals surface area (Å²) in [4.78, 5) is 28.8. The third kappa shape index (κ3) is 8.40. The van der Waals surface area contributed by atoms with Gasteiger partial charge in [0.1, 0.15) is 0 Å².